The molecule has 1 aromatic carbocycles. The molecular formula is C29H41NO5. The lowest BCUT2D eigenvalue weighted by molar-refractivity contribution is -0.129. The number of piperidine rings is 1. The Bertz CT molecular complexity index is 932. The highest BCUT2D eigenvalue weighted by Crippen LogP contribution is 2.49. The van der Waals surface area contributed by atoms with Crippen molar-refractivity contribution in [3.05, 3.63) is 23.8 Å². The van der Waals surface area contributed by atoms with E-state index >= 15 is 0 Å². The van der Waals surface area contributed by atoms with Crippen molar-refractivity contribution >= 4 is 11.6 Å². The highest BCUT2D eigenvalue weighted by Gasteiger charge is 2.46. The van der Waals surface area contributed by atoms with Gasteiger partial charge in [0.1, 0.15) is 11.6 Å². The van der Waals surface area contributed by atoms with E-state index in [1.54, 1.807) is 12.1 Å². The molecule has 0 aromatic heterocycles. The number of aryl methyl sites for hydroxylation is 1. The van der Waals surface area contributed by atoms with E-state index in [2.05, 4.69) is 5.32 Å². The number of aromatic hydroxyl groups is 1. The van der Waals surface area contributed by atoms with Crippen molar-refractivity contribution in [2.24, 2.45) is 35.5 Å². The number of aliphatic hydroxyl groups is 1. The van der Waals surface area contributed by atoms with Gasteiger partial charge < -0.3 is 20.3 Å². The number of ether oxygens (including phenoxy) is 1. The van der Waals surface area contributed by atoms with Crippen molar-refractivity contribution in [2.45, 2.75) is 82.8 Å². The van der Waals surface area contributed by atoms with E-state index in [9.17, 15) is 19.8 Å². The average molecular weight is 484 g/mol. The zero-order valence-electron chi connectivity index (χ0n) is 21.0. The second-order valence-electron chi connectivity index (χ2n) is 11.7. The third-order valence-electron chi connectivity index (χ3n) is 9.84. The summed E-state index contributed by atoms with van der Waals surface area (Å²) in [5, 5.41) is 24.4. The van der Waals surface area contributed by atoms with Gasteiger partial charge in [0.05, 0.1) is 13.2 Å². The van der Waals surface area contributed by atoms with Gasteiger partial charge in [-0.25, -0.2) is 0 Å². The Kier molecular flexibility index (Phi) is 7.50. The fraction of sp³-hybridized carbons (Fsp3) is 0.724. The molecule has 5 rings (SSSR count). The Morgan fingerprint density at radius 1 is 1.06 bits per heavy atom. The van der Waals surface area contributed by atoms with Crippen LogP contribution in [0, 0.1) is 35.5 Å². The summed E-state index contributed by atoms with van der Waals surface area (Å²) in [4.78, 5) is 24.8. The van der Waals surface area contributed by atoms with Crippen molar-refractivity contribution in [1.29, 1.82) is 0 Å². The standard InChI is InChI=1S/C29H41NO5/c1-35-29-12-17(3-11-27(29)33)2-10-26(32)24-8-5-19(14-28(24)34)18-4-7-22-20(13-18)16-30-25-15-21(31)6-9-23(22)25/h3,11-12,18-20,22-25,28,30,33-34H,2,4-10,13-16H2,1H3. The van der Waals surface area contributed by atoms with Crippen LogP contribution in [0.1, 0.15) is 69.8 Å². The third-order valence-corrected chi connectivity index (χ3v) is 9.84. The van der Waals surface area contributed by atoms with Gasteiger partial charge in [-0.2, -0.15) is 0 Å². The number of aliphatic hydroxyl groups excluding tert-OH is 1. The number of nitrogens with one attached hydrogen (secondary N) is 1. The van der Waals surface area contributed by atoms with Crippen LogP contribution in [0.25, 0.3) is 0 Å². The number of hydrogen-bond acceptors (Lipinski definition) is 6. The highest BCUT2D eigenvalue weighted by atomic mass is 16.5. The van der Waals surface area contributed by atoms with Gasteiger partial charge in [-0.1, -0.05) is 6.07 Å². The number of carbonyl (C=O) groups excluding carboxylic acids is 2. The average Bonchev–Trinajstić information content (AvgIpc) is 2.87. The molecule has 35 heavy (non-hydrogen) atoms. The van der Waals surface area contributed by atoms with E-state index in [4.69, 9.17) is 4.74 Å². The normalized spacial score (nSPS) is 37.3. The number of phenols is 1. The second kappa shape index (κ2) is 10.6. The lowest BCUT2D eigenvalue weighted by atomic mass is 9.58. The van der Waals surface area contributed by atoms with Crippen LogP contribution in [0.15, 0.2) is 18.2 Å². The van der Waals surface area contributed by atoms with E-state index in [0.29, 0.717) is 54.1 Å². The van der Waals surface area contributed by atoms with Gasteiger partial charge in [0.2, 0.25) is 0 Å². The van der Waals surface area contributed by atoms with E-state index in [1.807, 2.05) is 6.07 Å². The number of phenolic OH excluding ortho intramolecular Hbond substituents is 1. The molecule has 1 saturated heterocycles. The summed E-state index contributed by atoms with van der Waals surface area (Å²) in [6.45, 7) is 1.04. The monoisotopic (exact) mass is 483 g/mol. The predicted molar refractivity (Wildman–Crippen MR) is 133 cm³/mol. The molecule has 3 aliphatic carbocycles. The lowest BCUT2D eigenvalue weighted by Gasteiger charge is -2.51. The van der Waals surface area contributed by atoms with Crippen LogP contribution in [-0.4, -0.2) is 47.6 Å². The molecule has 3 N–H and O–H groups in total. The fourth-order valence-corrected chi connectivity index (χ4v) is 7.93. The van der Waals surface area contributed by atoms with Gasteiger partial charge in [-0.05, 0) is 105 Å². The number of Topliss-reactive ketones (excluding diaryl/α,β-unsaturated/α-hetero) is 2. The summed E-state index contributed by atoms with van der Waals surface area (Å²) in [5.74, 6) is 4.13. The first kappa shape index (κ1) is 24.8. The maximum absolute atomic E-state index is 13.0. The molecule has 0 amide bonds. The second-order valence-corrected chi connectivity index (χ2v) is 11.7. The summed E-state index contributed by atoms with van der Waals surface area (Å²) in [6, 6.07) is 5.60. The first-order valence-corrected chi connectivity index (χ1v) is 13.7. The molecule has 8 atom stereocenters. The largest absolute Gasteiger partial charge is 0.504 e. The molecule has 3 saturated carbocycles. The van der Waals surface area contributed by atoms with E-state index in [-0.39, 0.29) is 17.5 Å². The number of hydrogen-bond donors (Lipinski definition) is 3. The number of carbonyl (C=O) groups is 2. The maximum Gasteiger partial charge on any atom is 0.160 e. The molecule has 4 fully saturated rings. The van der Waals surface area contributed by atoms with Crippen LogP contribution in [0.4, 0.5) is 0 Å². The molecule has 6 nitrogen and oxygen atoms in total. The summed E-state index contributed by atoms with van der Waals surface area (Å²) in [7, 11) is 1.52. The molecule has 6 heteroatoms. The van der Waals surface area contributed by atoms with Gasteiger partial charge in [0.25, 0.3) is 0 Å². The van der Waals surface area contributed by atoms with Crippen LogP contribution in [0.3, 0.4) is 0 Å². The molecule has 0 spiro atoms. The summed E-state index contributed by atoms with van der Waals surface area (Å²) in [6.07, 6.45) is 9.31. The van der Waals surface area contributed by atoms with Gasteiger partial charge in [-0.3, -0.25) is 9.59 Å². The number of rotatable bonds is 6. The topological polar surface area (TPSA) is 95.9 Å². The Morgan fingerprint density at radius 2 is 1.86 bits per heavy atom. The molecule has 0 bridgehead atoms. The van der Waals surface area contributed by atoms with E-state index in [0.717, 1.165) is 56.6 Å². The zero-order valence-corrected chi connectivity index (χ0v) is 21.0. The first-order valence-electron chi connectivity index (χ1n) is 13.7. The maximum atomic E-state index is 13.0. The van der Waals surface area contributed by atoms with Gasteiger partial charge in [0.15, 0.2) is 11.5 Å². The predicted octanol–water partition coefficient (Wildman–Crippen LogP) is 4.05. The minimum Gasteiger partial charge on any atom is -0.504 e. The molecule has 1 aromatic rings. The number of methoxy groups -OCH3 is 1. The summed E-state index contributed by atoms with van der Waals surface area (Å²) < 4.78 is 5.17. The van der Waals surface area contributed by atoms with Gasteiger partial charge >= 0.3 is 0 Å². The Balaban J connectivity index is 1.11. The van der Waals surface area contributed by atoms with Crippen molar-refractivity contribution in [2.75, 3.05) is 13.7 Å². The Labute approximate surface area is 208 Å². The van der Waals surface area contributed by atoms with Crippen molar-refractivity contribution < 1.29 is 24.5 Å². The number of ketones is 2. The molecule has 192 valence electrons. The quantitative estimate of drug-likeness (QED) is 0.565. The molecule has 8 unspecified atom stereocenters. The van der Waals surface area contributed by atoms with Crippen LogP contribution in [0.2, 0.25) is 0 Å². The number of fused-ring (bicyclic) bond motifs is 3. The van der Waals surface area contributed by atoms with Crippen LogP contribution >= 0.6 is 0 Å². The van der Waals surface area contributed by atoms with Crippen LogP contribution in [0.5, 0.6) is 11.5 Å². The Morgan fingerprint density at radius 3 is 2.66 bits per heavy atom. The molecule has 1 heterocycles. The van der Waals surface area contributed by atoms with Crippen LogP contribution in [-0.2, 0) is 16.0 Å². The molecule has 0 radical (unpaired) electrons. The third kappa shape index (κ3) is 5.29. The molecule has 1 aliphatic heterocycles. The van der Waals surface area contributed by atoms with Crippen LogP contribution < -0.4 is 10.1 Å². The first-order chi connectivity index (χ1) is 16.9. The summed E-state index contributed by atoms with van der Waals surface area (Å²) >= 11 is 0. The zero-order chi connectivity index (χ0) is 24.5. The fourth-order valence-electron chi connectivity index (χ4n) is 7.93. The lowest BCUT2D eigenvalue weighted by Crippen LogP contribution is -2.55. The van der Waals surface area contributed by atoms with Crippen molar-refractivity contribution in [3.8, 4) is 11.5 Å². The number of benzene rings is 1. The molecule has 4 aliphatic rings. The van der Waals surface area contributed by atoms with Crippen molar-refractivity contribution in [3.63, 3.8) is 0 Å². The van der Waals surface area contributed by atoms with Gasteiger partial charge in [0, 0.05) is 31.2 Å². The van der Waals surface area contributed by atoms with E-state index < -0.39 is 6.10 Å². The van der Waals surface area contributed by atoms with Gasteiger partial charge in [-0.15, -0.1) is 0 Å². The van der Waals surface area contributed by atoms with Crippen molar-refractivity contribution in [1.82, 2.24) is 5.32 Å². The minimum atomic E-state index is -0.536. The van der Waals surface area contributed by atoms with E-state index in [1.165, 1.54) is 26.4 Å². The minimum absolute atomic E-state index is 0.100. The molecular weight excluding hydrogens is 442 g/mol. The summed E-state index contributed by atoms with van der Waals surface area (Å²) in [5.41, 5.74) is 0.957. The smallest absolute Gasteiger partial charge is 0.160 e. The SMILES string of the molecule is COc1cc(CCC(=O)C2CCC(C3CCC4C(CNC5CC(=O)CCC54)C3)CC2O)ccc1O. The highest BCUT2D eigenvalue weighted by molar-refractivity contribution is 5.82. The Hall–Kier alpha value is -1.92.